The van der Waals surface area contributed by atoms with Gasteiger partial charge in [0.1, 0.15) is 12.2 Å². The molecule has 63 heavy (non-hydrogen) atoms. The second-order valence-electron chi connectivity index (χ2n) is 20.0. The molecule has 0 aliphatic heterocycles. The van der Waals surface area contributed by atoms with Crippen LogP contribution in [0.3, 0.4) is 0 Å². The van der Waals surface area contributed by atoms with Crippen molar-refractivity contribution in [2.75, 3.05) is 6.61 Å². The Morgan fingerprint density at radius 2 is 0.635 bits per heavy atom. The number of hydrogen-bond donors (Lipinski definition) is 5. The molecule has 0 saturated carbocycles. The zero-order valence-electron chi connectivity index (χ0n) is 42.6. The number of rotatable bonds is 53. The molecular formula is C57H113NO5. The van der Waals surface area contributed by atoms with E-state index in [0.29, 0.717) is 12.8 Å². The molecule has 5 N–H and O–H groups in total. The fourth-order valence-electron chi connectivity index (χ4n) is 9.23. The van der Waals surface area contributed by atoms with E-state index in [1.165, 1.54) is 238 Å². The van der Waals surface area contributed by atoms with Crippen molar-refractivity contribution in [3.05, 3.63) is 12.2 Å². The van der Waals surface area contributed by atoms with Gasteiger partial charge >= 0.3 is 0 Å². The standard InChI is InChI=1S/C57H113NO5/c1-3-5-7-9-11-13-15-17-19-21-22-23-24-25-26-27-28-29-30-31-32-33-35-36-38-40-42-44-46-48-50-54(60)56(62)53(52-59)58-57(63)55(61)51-49-47-45-43-41-39-37-34-20-18-16-14-12-10-8-6-4-2/h37,39,53-56,59-62H,3-36,38,40-52H2,1-2H3,(H,58,63)/b39-37-. The van der Waals surface area contributed by atoms with E-state index in [2.05, 4.69) is 31.3 Å². The maximum atomic E-state index is 12.6. The third kappa shape index (κ3) is 46.0. The summed E-state index contributed by atoms with van der Waals surface area (Å²) in [5, 5.41) is 44.0. The first-order valence-electron chi connectivity index (χ1n) is 28.6. The van der Waals surface area contributed by atoms with Crippen molar-refractivity contribution in [1.29, 1.82) is 0 Å². The van der Waals surface area contributed by atoms with Crippen molar-refractivity contribution in [3.63, 3.8) is 0 Å². The van der Waals surface area contributed by atoms with Gasteiger partial charge in [-0.1, -0.05) is 289 Å². The normalized spacial score (nSPS) is 13.8. The van der Waals surface area contributed by atoms with E-state index < -0.39 is 36.9 Å². The molecule has 0 aliphatic carbocycles. The van der Waals surface area contributed by atoms with Gasteiger partial charge in [0.05, 0.1) is 18.8 Å². The minimum atomic E-state index is -1.26. The van der Waals surface area contributed by atoms with Crippen LogP contribution in [0.1, 0.15) is 316 Å². The average Bonchev–Trinajstić information content (AvgIpc) is 3.29. The number of allylic oxidation sites excluding steroid dienone is 2. The van der Waals surface area contributed by atoms with Crippen LogP contribution >= 0.6 is 0 Å². The summed E-state index contributed by atoms with van der Waals surface area (Å²) in [6.07, 6.45) is 61.5. The first-order valence-corrected chi connectivity index (χ1v) is 28.6. The van der Waals surface area contributed by atoms with Gasteiger partial charge in [-0.2, -0.15) is 0 Å². The minimum absolute atomic E-state index is 0.358. The third-order valence-electron chi connectivity index (χ3n) is 13.7. The predicted octanol–water partition coefficient (Wildman–Crippen LogP) is 16.5. The van der Waals surface area contributed by atoms with E-state index in [9.17, 15) is 25.2 Å². The number of amides is 1. The van der Waals surface area contributed by atoms with Crippen molar-refractivity contribution in [2.24, 2.45) is 0 Å². The molecule has 4 atom stereocenters. The largest absolute Gasteiger partial charge is 0.394 e. The number of unbranched alkanes of at least 4 members (excludes halogenated alkanes) is 42. The highest BCUT2D eigenvalue weighted by Gasteiger charge is 2.28. The Morgan fingerprint density at radius 1 is 0.381 bits per heavy atom. The third-order valence-corrected chi connectivity index (χ3v) is 13.7. The fraction of sp³-hybridized carbons (Fsp3) is 0.947. The second-order valence-corrected chi connectivity index (χ2v) is 20.0. The summed E-state index contributed by atoms with van der Waals surface area (Å²) in [6, 6.07) is -0.988. The maximum Gasteiger partial charge on any atom is 0.249 e. The van der Waals surface area contributed by atoms with E-state index in [4.69, 9.17) is 0 Å². The predicted molar refractivity (Wildman–Crippen MR) is 275 cm³/mol. The summed E-state index contributed by atoms with van der Waals surface area (Å²) >= 11 is 0. The van der Waals surface area contributed by atoms with Crippen molar-refractivity contribution < 1.29 is 25.2 Å². The molecule has 4 unspecified atom stereocenters. The number of aliphatic hydroxyl groups excluding tert-OH is 4. The SMILES string of the molecule is CCCCCCCCCCC/C=C\CCCCCCC(O)C(=O)NC(CO)C(O)C(O)CCCCCCCCCCCCCCCCCCCCCCCCCCCCCCCC. The molecule has 0 spiro atoms. The first kappa shape index (κ1) is 62.1. The molecule has 0 fully saturated rings. The van der Waals surface area contributed by atoms with Crippen molar-refractivity contribution in [2.45, 2.75) is 340 Å². The topological polar surface area (TPSA) is 110 Å². The summed E-state index contributed by atoms with van der Waals surface area (Å²) in [7, 11) is 0. The Bertz CT molecular complexity index is 913. The highest BCUT2D eigenvalue weighted by atomic mass is 16.3. The lowest BCUT2D eigenvalue weighted by atomic mass is 9.99. The highest BCUT2D eigenvalue weighted by molar-refractivity contribution is 5.80. The molecule has 0 aromatic rings. The van der Waals surface area contributed by atoms with Crippen LogP contribution < -0.4 is 5.32 Å². The molecule has 6 heteroatoms. The molecule has 6 nitrogen and oxygen atoms in total. The monoisotopic (exact) mass is 892 g/mol. The minimum Gasteiger partial charge on any atom is -0.394 e. The lowest BCUT2D eigenvalue weighted by molar-refractivity contribution is -0.132. The highest BCUT2D eigenvalue weighted by Crippen LogP contribution is 2.18. The van der Waals surface area contributed by atoms with E-state index in [1.54, 1.807) is 0 Å². The Kier molecular flexibility index (Phi) is 51.2. The quantitative estimate of drug-likeness (QED) is 0.0309. The van der Waals surface area contributed by atoms with Gasteiger partial charge in [0.2, 0.25) is 5.91 Å². The summed E-state index contributed by atoms with van der Waals surface area (Å²) < 4.78 is 0. The van der Waals surface area contributed by atoms with Gasteiger partial charge in [0.15, 0.2) is 0 Å². The number of aliphatic hydroxyl groups is 4. The van der Waals surface area contributed by atoms with Gasteiger partial charge in [-0.3, -0.25) is 4.79 Å². The summed E-state index contributed by atoms with van der Waals surface area (Å²) in [6.45, 7) is 4.08. The molecular weight excluding hydrogens is 779 g/mol. The van der Waals surface area contributed by atoms with Crippen LogP contribution in [0, 0.1) is 0 Å². The molecule has 0 heterocycles. The van der Waals surface area contributed by atoms with Crippen LogP contribution in [0.4, 0.5) is 0 Å². The lowest BCUT2D eigenvalue weighted by Gasteiger charge is -2.27. The molecule has 376 valence electrons. The van der Waals surface area contributed by atoms with E-state index in [-0.39, 0.29) is 0 Å². The summed E-state index contributed by atoms with van der Waals surface area (Å²) in [5.74, 6) is -0.587. The van der Waals surface area contributed by atoms with E-state index >= 15 is 0 Å². The van der Waals surface area contributed by atoms with Gasteiger partial charge in [0.25, 0.3) is 0 Å². The van der Waals surface area contributed by atoms with Crippen molar-refractivity contribution >= 4 is 5.91 Å². The van der Waals surface area contributed by atoms with Crippen LogP contribution in [0.15, 0.2) is 12.2 Å². The Labute approximate surface area is 393 Å². The molecule has 0 aromatic heterocycles. The van der Waals surface area contributed by atoms with Gasteiger partial charge in [-0.25, -0.2) is 0 Å². The number of carbonyl (C=O) groups is 1. The van der Waals surface area contributed by atoms with Crippen LogP contribution in [-0.2, 0) is 4.79 Å². The molecule has 1 amide bonds. The fourth-order valence-corrected chi connectivity index (χ4v) is 9.23. The van der Waals surface area contributed by atoms with Crippen molar-refractivity contribution in [3.8, 4) is 0 Å². The maximum absolute atomic E-state index is 12.6. The van der Waals surface area contributed by atoms with Gasteiger partial charge in [-0.15, -0.1) is 0 Å². The molecule has 0 rings (SSSR count). The van der Waals surface area contributed by atoms with Gasteiger partial charge in [0, 0.05) is 0 Å². The summed E-state index contributed by atoms with van der Waals surface area (Å²) in [5.41, 5.74) is 0. The smallest absolute Gasteiger partial charge is 0.249 e. The Hall–Kier alpha value is -0.950. The van der Waals surface area contributed by atoms with Crippen LogP contribution in [-0.4, -0.2) is 57.3 Å². The van der Waals surface area contributed by atoms with Crippen LogP contribution in [0.2, 0.25) is 0 Å². The number of hydrogen-bond acceptors (Lipinski definition) is 5. The Balaban J connectivity index is 3.57. The van der Waals surface area contributed by atoms with Gasteiger partial charge < -0.3 is 25.7 Å². The molecule has 0 saturated heterocycles. The first-order chi connectivity index (χ1) is 31.0. The zero-order valence-corrected chi connectivity index (χ0v) is 42.6. The zero-order chi connectivity index (χ0) is 45.9. The van der Waals surface area contributed by atoms with E-state index in [1.807, 2.05) is 0 Å². The Morgan fingerprint density at radius 3 is 0.921 bits per heavy atom. The number of carbonyl (C=O) groups excluding carboxylic acids is 1. The van der Waals surface area contributed by atoms with Crippen molar-refractivity contribution in [1.82, 2.24) is 5.32 Å². The lowest BCUT2D eigenvalue weighted by Crippen LogP contribution is -2.53. The van der Waals surface area contributed by atoms with Gasteiger partial charge in [-0.05, 0) is 38.5 Å². The summed E-state index contributed by atoms with van der Waals surface area (Å²) in [4.78, 5) is 12.6. The second kappa shape index (κ2) is 52.0. The molecule has 0 bridgehead atoms. The van der Waals surface area contributed by atoms with Crippen LogP contribution in [0.5, 0.6) is 0 Å². The average molecular weight is 893 g/mol. The number of nitrogens with one attached hydrogen (secondary N) is 1. The van der Waals surface area contributed by atoms with E-state index in [0.717, 1.165) is 51.4 Å². The molecule has 0 aromatic carbocycles. The molecule has 0 radical (unpaired) electrons. The van der Waals surface area contributed by atoms with Crippen LogP contribution in [0.25, 0.3) is 0 Å². The molecule has 0 aliphatic rings.